The zero-order valence-electron chi connectivity index (χ0n) is 25.5. The summed E-state index contributed by atoms with van der Waals surface area (Å²) in [6.45, 7) is 3.39. The lowest BCUT2D eigenvalue weighted by molar-refractivity contribution is -0.201. The first kappa shape index (κ1) is 29.6. The molecule has 9 heteroatoms. The fourth-order valence-corrected chi connectivity index (χ4v) is 9.88. The molecular weight excluding hydrogens is 560 g/mol. The number of hydrogen-bond acceptors (Lipinski definition) is 8. The summed E-state index contributed by atoms with van der Waals surface area (Å²) in [5.41, 5.74) is 8.65. The van der Waals surface area contributed by atoms with E-state index in [1.807, 2.05) is 55.1 Å². The van der Waals surface area contributed by atoms with Crippen molar-refractivity contribution in [3.63, 3.8) is 0 Å². The number of rotatable bonds is 6. The highest BCUT2D eigenvalue weighted by atomic mass is 16.7. The van der Waals surface area contributed by atoms with Gasteiger partial charge in [0.2, 0.25) is 0 Å². The van der Waals surface area contributed by atoms with Crippen LogP contribution >= 0.6 is 0 Å². The Morgan fingerprint density at radius 2 is 2.00 bits per heavy atom. The lowest BCUT2D eigenvalue weighted by Gasteiger charge is -2.59. The SMILES string of the molecule is Cn1cc([C@@H]2O[C@@H]3C[C@H]4[C@@H]5CCC6=CC(=O)C=C[C@]6(C)[C@H]5[C@@H](O)C[C@]4(C)[C@]3(C(=O)CO)O2)cc1Cc1ccc(CO)c(N)c1. The number of nitrogens with two attached hydrogens (primary N) is 1. The molecule has 9 atom stereocenters. The number of benzene rings is 1. The van der Waals surface area contributed by atoms with E-state index < -0.39 is 47.3 Å². The van der Waals surface area contributed by atoms with Crippen molar-refractivity contribution in [2.45, 2.75) is 76.7 Å². The quantitative estimate of drug-likeness (QED) is 0.369. The monoisotopic (exact) mass is 602 g/mol. The predicted molar refractivity (Wildman–Crippen MR) is 162 cm³/mol. The third-order valence-electron chi connectivity index (χ3n) is 12.0. The number of aliphatic hydroxyl groups excluding tert-OH is 3. The molecule has 4 aliphatic carbocycles. The molecular formula is C35H42N2O7. The molecule has 4 fully saturated rings. The van der Waals surface area contributed by atoms with E-state index in [1.54, 1.807) is 12.2 Å². The highest BCUT2D eigenvalue weighted by Gasteiger charge is 2.75. The van der Waals surface area contributed by atoms with Gasteiger partial charge in [0, 0.05) is 58.9 Å². The topological polar surface area (TPSA) is 144 Å². The number of allylic oxidation sites excluding steroid dienone is 4. The highest BCUT2D eigenvalue weighted by molar-refractivity contribution is 6.01. The Labute approximate surface area is 257 Å². The normalized spacial score (nSPS) is 39.0. The third-order valence-corrected chi connectivity index (χ3v) is 12.0. The average Bonchev–Trinajstić information content (AvgIpc) is 3.62. The van der Waals surface area contributed by atoms with Crippen LogP contribution in [0.25, 0.3) is 0 Å². The molecule has 1 aromatic heterocycles. The molecule has 234 valence electrons. The van der Waals surface area contributed by atoms with E-state index in [4.69, 9.17) is 15.2 Å². The Morgan fingerprint density at radius 1 is 1.20 bits per heavy atom. The van der Waals surface area contributed by atoms with E-state index in [1.165, 1.54) is 0 Å². The third kappa shape index (κ3) is 4.02. The highest BCUT2D eigenvalue weighted by Crippen LogP contribution is 2.70. The van der Waals surface area contributed by atoms with Crippen LogP contribution in [0.1, 0.15) is 68.2 Å². The summed E-state index contributed by atoms with van der Waals surface area (Å²) in [5.74, 6) is -0.341. The molecule has 0 radical (unpaired) electrons. The molecule has 0 unspecified atom stereocenters. The number of carbonyl (C=O) groups is 2. The van der Waals surface area contributed by atoms with Crippen LogP contribution in [0.5, 0.6) is 0 Å². The minimum atomic E-state index is -1.39. The first-order valence-electron chi connectivity index (χ1n) is 15.7. The largest absolute Gasteiger partial charge is 0.398 e. The van der Waals surface area contributed by atoms with E-state index in [0.717, 1.165) is 35.2 Å². The maximum absolute atomic E-state index is 13.8. The van der Waals surface area contributed by atoms with E-state index in [9.17, 15) is 24.9 Å². The maximum Gasteiger partial charge on any atom is 0.193 e. The predicted octanol–water partition coefficient (Wildman–Crippen LogP) is 3.29. The fourth-order valence-electron chi connectivity index (χ4n) is 9.88. The summed E-state index contributed by atoms with van der Waals surface area (Å²) in [4.78, 5) is 26.0. The Morgan fingerprint density at radius 3 is 2.73 bits per heavy atom. The van der Waals surface area contributed by atoms with E-state index in [2.05, 4.69) is 6.92 Å². The van der Waals surface area contributed by atoms with E-state index >= 15 is 0 Å². The van der Waals surface area contributed by atoms with Crippen LogP contribution in [0.4, 0.5) is 5.69 Å². The van der Waals surface area contributed by atoms with Gasteiger partial charge in [0.15, 0.2) is 23.5 Å². The van der Waals surface area contributed by atoms with Gasteiger partial charge in [-0.3, -0.25) is 9.59 Å². The molecule has 1 saturated heterocycles. The molecule has 7 rings (SSSR count). The molecule has 1 aliphatic heterocycles. The minimum absolute atomic E-state index is 0.00500. The molecule has 3 saturated carbocycles. The standard InChI is InChI=1S/C35H42N2O7/c1-33-9-8-24(40)13-22(33)6-7-25-26-14-30-35(29(42)18-39,34(26,2)15-28(41)31(25)33)44-32(43-30)21-12-23(37(3)16-21)10-19-4-5-20(17-38)27(36)11-19/h4-5,8-9,11-13,16,25-26,28,30-32,38-39,41H,6-7,10,14-15,17-18,36H2,1-3H3/t25-,26-,28-,30+,31+,32+,33-,34-,35+/m0/s1. The van der Waals surface area contributed by atoms with Gasteiger partial charge in [-0.15, -0.1) is 0 Å². The molecule has 9 nitrogen and oxygen atoms in total. The molecule has 2 heterocycles. The summed E-state index contributed by atoms with van der Waals surface area (Å²) in [5, 5.41) is 31.6. The van der Waals surface area contributed by atoms with Crippen molar-refractivity contribution in [1.82, 2.24) is 4.57 Å². The average molecular weight is 603 g/mol. The van der Waals surface area contributed by atoms with Gasteiger partial charge >= 0.3 is 0 Å². The van der Waals surface area contributed by atoms with Crippen molar-refractivity contribution < 1.29 is 34.4 Å². The maximum atomic E-state index is 13.8. The van der Waals surface area contributed by atoms with Crippen molar-refractivity contribution in [1.29, 1.82) is 0 Å². The lowest BCUT2D eigenvalue weighted by Crippen LogP contribution is -2.63. The molecule has 0 spiro atoms. The van der Waals surface area contributed by atoms with Gasteiger partial charge in [0.1, 0.15) is 6.61 Å². The summed E-state index contributed by atoms with van der Waals surface area (Å²) in [6.07, 6.45) is 8.33. The number of nitrogen functional groups attached to an aromatic ring is 1. The molecule has 0 amide bonds. The summed E-state index contributed by atoms with van der Waals surface area (Å²) in [7, 11) is 1.95. The van der Waals surface area contributed by atoms with Crippen LogP contribution in [0.15, 0.2) is 54.3 Å². The zero-order chi connectivity index (χ0) is 31.2. The lowest BCUT2D eigenvalue weighted by atomic mass is 9.46. The number of hydrogen-bond donors (Lipinski definition) is 4. The summed E-state index contributed by atoms with van der Waals surface area (Å²) >= 11 is 0. The van der Waals surface area contributed by atoms with Crippen LogP contribution in [-0.2, 0) is 39.1 Å². The van der Waals surface area contributed by atoms with Gasteiger partial charge in [-0.1, -0.05) is 37.6 Å². The van der Waals surface area contributed by atoms with Crippen molar-refractivity contribution in [3.8, 4) is 0 Å². The van der Waals surface area contributed by atoms with Gasteiger partial charge in [-0.25, -0.2) is 0 Å². The first-order chi connectivity index (χ1) is 20.9. The van der Waals surface area contributed by atoms with Gasteiger partial charge < -0.3 is 35.1 Å². The van der Waals surface area contributed by atoms with Gasteiger partial charge in [0.05, 0.1) is 18.8 Å². The molecule has 1 aromatic carbocycles. The number of aryl methyl sites for hydroxylation is 1. The number of ether oxygens (including phenoxy) is 2. The van der Waals surface area contributed by atoms with Crippen molar-refractivity contribution in [3.05, 3.63) is 76.6 Å². The zero-order valence-corrected chi connectivity index (χ0v) is 25.5. The minimum Gasteiger partial charge on any atom is -0.398 e. The van der Waals surface area contributed by atoms with Crippen LogP contribution in [0.3, 0.4) is 0 Å². The van der Waals surface area contributed by atoms with Crippen molar-refractivity contribution in [2.24, 2.45) is 35.6 Å². The Bertz CT molecular complexity index is 1590. The van der Waals surface area contributed by atoms with Gasteiger partial charge in [0.25, 0.3) is 0 Å². The molecule has 2 aromatic rings. The van der Waals surface area contributed by atoms with Crippen molar-refractivity contribution >= 4 is 17.3 Å². The molecule has 44 heavy (non-hydrogen) atoms. The number of nitrogens with zero attached hydrogens (tertiary/aromatic N) is 1. The Balaban J connectivity index is 1.19. The van der Waals surface area contributed by atoms with Gasteiger partial charge in [-0.2, -0.15) is 0 Å². The number of anilines is 1. The number of fused-ring (bicyclic) bond motifs is 7. The first-order valence-corrected chi connectivity index (χ1v) is 15.7. The second-order valence-corrected chi connectivity index (χ2v) is 14.1. The number of aromatic nitrogens is 1. The number of Topliss-reactive ketones (excluding diaryl/α,β-unsaturated/α-hetero) is 1. The van der Waals surface area contributed by atoms with E-state index in [0.29, 0.717) is 30.5 Å². The summed E-state index contributed by atoms with van der Waals surface area (Å²) in [6, 6.07) is 7.66. The number of aliphatic hydroxyl groups is 3. The second kappa shape index (κ2) is 10.2. The Hall–Kier alpha value is -3.08. The van der Waals surface area contributed by atoms with E-state index in [-0.39, 0.29) is 30.1 Å². The second-order valence-electron chi connectivity index (χ2n) is 14.1. The molecule has 5 N–H and O–H groups in total. The molecule has 0 bridgehead atoms. The number of carbonyl (C=O) groups excluding carboxylic acids is 2. The van der Waals surface area contributed by atoms with Crippen LogP contribution in [-0.4, -0.2) is 55.9 Å². The fraction of sp³-hybridized carbons (Fsp3) is 0.543. The molecule has 5 aliphatic rings. The smallest absolute Gasteiger partial charge is 0.193 e. The number of ketones is 2. The van der Waals surface area contributed by atoms with Crippen LogP contribution in [0.2, 0.25) is 0 Å². The Kier molecular flexibility index (Phi) is 6.88. The van der Waals surface area contributed by atoms with Gasteiger partial charge in [-0.05, 0) is 67.4 Å². The van der Waals surface area contributed by atoms with Crippen LogP contribution < -0.4 is 5.73 Å². The van der Waals surface area contributed by atoms with Crippen molar-refractivity contribution in [2.75, 3.05) is 12.3 Å². The summed E-state index contributed by atoms with van der Waals surface area (Å²) < 4.78 is 15.4. The van der Waals surface area contributed by atoms with Crippen LogP contribution in [0, 0.1) is 28.6 Å².